The molecule has 6 nitrogen and oxygen atoms in total. The van der Waals surface area contributed by atoms with Gasteiger partial charge in [-0.2, -0.15) is 0 Å². The molecule has 0 unspecified atom stereocenters. The lowest BCUT2D eigenvalue weighted by Crippen LogP contribution is -2.46. The number of thiazole rings is 1. The maximum absolute atomic E-state index is 12.5. The van der Waals surface area contributed by atoms with Crippen molar-refractivity contribution in [3.8, 4) is 5.75 Å². The van der Waals surface area contributed by atoms with Crippen LogP contribution in [0.25, 0.3) is 0 Å². The molecule has 30 heavy (non-hydrogen) atoms. The van der Waals surface area contributed by atoms with E-state index in [9.17, 15) is 4.79 Å². The third kappa shape index (κ3) is 4.57. The lowest BCUT2D eigenvalue weighted by Gasteiger charge is -2.36. The van der Waals surface area contributed by atoms with E-state index in [0.717, 1.165) is 42.6 Å². The van der Waals surface area contributed by atoms with Crippen LogP contribution in [-0.2, 0) is 6.54 Å². The predicted molar refractivity (Wildman–Crippen MR) is 122 cm³/mol. The van der Waals surface area contributed by atoms with Crippen LogP contribution in [0.1, 0.15) is 21.6 Å². The Bertz CT molecular complexity index is 1010. The highest BCUT2D eigenvalue weighted by Crippen LogP contribution is 2.26. The number of methoxy groups -OCH3 is 1. The van der Waals surface area contributed by atoms with Gasteiger partial charge in [0, 0.05) is 49.9 Å². The van der Waals surface area contributed by atoms with Crippen molar-refractivity contribution in [2.75, 3.05) is 43.1 Å². The van der Waals surface area contributed by atoms with E-state index in [0.29, 0.717) is 12.2 Å². The van der Waals surface area contributed by atoms with Gasteiger partial charge in [-0.05, 0) is 30.2 Å². The molecule has 4 rings (SSSR count). The van der Waals surface area contributed by atoms with Crippen LogP contribution >= 0.6 is 11.3 Å². The second kappa shape index (κ2) is 9.17. The van der Waals surface area contributed by atoms with Crippen molar-refractivity contribution in [3.05, 3.63) is 70.7 Å². The number of carbonyl (C=O) groups is 1. The van der Waals surface area contributed by atoms with Crippen LogP contribution in [0.5, 0.6) is 5.75 Å². The van der Waals surface area contributed by atoms with Gasteiger partial charge in [-0.1, -0.05) is 30.3 Å². The summed E-state index contributed by atoms with van der Waals surface area (Å²) in [7, 11) is 1.69. The monoisotopic (exact) mass is 422 g/mol. The third-order valence-electron chi connectivity index (χ3n) is 5.39. The molecule has 0 atom stereocenters. The molecule has 1 aromatic heterocycles. The Kier molecular flexibility index (Phi) is 6.18. The molecule has 156 valence electrons. The first-order valence-corrected chi connectivity index (χ1v) is 10.9. The van der Waals surface area contributed by atoms with E-state index in [1.807, 2.05) is 48.7 Å². The maximum atomic E-state index is 12.5. The highest BCUT2D eigenvalue weighted by atomic mass is 32.1. The normalized spacial score (nSPS) is 13.9. The van der Waals surface area contributed by atoms with Gasteiger partial charge >= 0.3 is 0 Å². The predicted octanol–water partition coefficient (Wildman–Crippen LogP) is 3.72. The molecule has 1 aliphatic heterocycles. The van der Waals surface area contributed by atoms with Crippen molar-refractivity contribution in [2.45, 2.75) is 13.5 Å². The number of piperazine rings is 1. The summed E-state index contributed by atoms with van der Waals surface area (Å²) in [5.41, 5.74) is 3.95. The lowest BCUT2D eigenvalue weighted by atomic mass is 10.1. The van der Waals surface area contributed by atoms with Gasteiger partial charge < -0.3 is 19.9 Å². The first kappa shape index (κ1) is 20.2. The Hall–Kier alpha value is -3.06. The summed E-state index contributed by atoms with van der Waals surface area (Å²) in [5, 5.41) is 5.73. The highest BCUT2D eigenvalue weighted by Gasteiger charge is 2.21. The number of nitrogens with zero attached hydrogens (tertiary/aromatic N) is 3. The van der Waals surface area contributed by atoms with Gasteiger partial charge in [0.2, 0.25) is 0 Å². The van der Waals surface area contributed by atoms with Gasteiger partial charge in [-0.25, -0.2) is 4.98 Å². The Morgan fingerprint density at radius 2 is 1.87 bits per heavy atom. The van der Waals surface area contributed by atoms with E-state index in [-0.39, 0.29) is 5.91 Å². The van der Waals surface area contributed by atoms with E-state index in [1.165, 1.54) is 22.6 Å². The van der Waals surface area contributed by atoms with Crippen LogP contribution in [-0.4, -0.2) is 44.2 Å². The standard InChI is InChI=1S/C23H26N4O2S/c1-17-6-3-4-7-18(17)15-24-22(28)21-16-30-23(25-21)27-12-10-26(11-13-27)19-8-5-9-20(14-19)29-2/h3-9,14,16H,10-13,15H2,1-2H3,(H,24,28). The van der Waals surface area contributed by atoms with Crippen molar-refractivity contribution >= 4 is 28.1 Å². The van der Waals surface area contributed by atoms with E-state index in [4.69, 9.17) is 4.74 Å². The van der Waals surface area contributed by atoms with E-state index < -0.39 is 0 Å². The molecular weight excluding hydrogens is 396 g/mol. The Labute approximate surface area is 181 Å². The Morgan fingerprint density at radius 3 is 2.63 bits per heavy atom. The molecule has 0 radical (unpaired) electrons. The third-order valence-corrected chi connectivity index (χ3v) is 6.30. The van der Waals surface area contributed by atoms with Gasteiger partial charge in [0.05, 0.1) is 7.11 Å². The number of nitrogens with one attached hydrogen (secondary N) is 1. The molecule has 0 spiro atoms. The molecular formula is C23H26N4O2S. The average molecular weight is 423 g/mol. The maximum Gasteiger partial charge on any atom is 0.271 e. The van der Waals surface area contributed by atoms with E-state index in [1.54, 1.807) is 7.11 Å². The summed E-state index contributed by atoms with van der Waals surface area (Å²) in [6, 6.07) is 16.2. The average Bonchev–Trinajstić information content (AvgIpc) is 3.29. The largest absolute Gasteiger partial charge is 0.497 e. The summed E-state index contributed by atoms with van der Waals surface area (Å²) in [6.45, 7) is 6.11. The summed E-state index contributed by atoms with van der Waals surface area (Å²) in [5.74, 6) is 0.743. The number of carbonyl (C=O) groups excluding carboxylic acids is 1. The molecule has 1 amide bonds. The number of hydrogen-bond acceptors (Lipinski definition) is 6. The summed E-state index contributed by atoms with van der Waals surface area (Å²) < 4.78 is 5.33. The molecule has 1 aliphatic rings. The number of amides is 1. The summed E-state index contributed by atoms with van der Waals surface area (Å²) in [6.07, 6.45) is 0. The van der Waals surface area contributed by atoms with Crippen molar-refractivity contribution in [1.82, 2.24) is 10.3 Å². The smallest absolute Gasteiger partial charge is 0.271 e. The van der Waals surface area contributed by atoms with E-state index in [2.05, 4.69) is 32.2 Å². The number of rotatable bonds is 6. The minimum atomic E-state index is -0.129. The van der Waals surface area contributed by atoms with Gasteiger partial charge in [-0.15, -0.1) is 11.3 Å². The molecule has 0 bridgehead atoms. The lowest BCUT2D eigenvalue weighted by molar-refractivity contribution is 0.0946. The SMILES string of the molecule is COc1cccc(N2CCN(c3nc(C(=O)NCc4ccccc4C)cs3)CC2)c1. The number of aryl methyl sites for hydroxylation is 1. The Morgan fingerprint density at radius 1 is 1.10 bits per heavy atom. The minimum absolute atomic E-state index is 0.129. The van der Waals surface area contributed by atoms with Crippen LogP contribution in [0.2, 0.25) is 0 Å². The topological polar surface area (TPSA) is 57.7 Å². The number of ether oxygens (including phenoxy) is 1. The highest BCUT2D eigenvalue weighted by molar-refractivity contribution is 7.13. The first-order chi connectivity index (χ1) is 14.6. The van der Waals surface area contributed by atoms with Gasteiger partial charge in [0.1, 0.15) is 11.4 Å². The molecule has 1 N–H and O–H groups in total. The molecule has 3 aromatic rings. The zero-order valence-corrected chi connectivity index (χ0v) is 18.1. The second-order valence-corrected chi connectivity index (χ2v) is 8.14. The zero-order chi connectivity index (χ0) is 20.9. The van der Waals surface area contributed by atoms with Crippen LogP contribution < -0.4 is 19.9 Å². The molecule has 7 heteroatoms. The van der Waals surface area contributed by atoms with Gasteiger partial charge in [-0.3, -0.25) is 4.79 Å². The second-order valence-electron chi connectivity index (χ2n) is 7.30. The fraction of sp³-hybridized carbons (Fsp3) is 0.304. The van der Waals surface area contributed by atoms with Crippen LogP contribution in [0.4, 0.5) is 10.8 Å². The van der Waals surface area contributed by atoms with E-state index >= 15 is 0 Å². The number of aromatic nitrogens is 1. The summed E-state index contributed by atoms with van der Waals surface area (Å²) in [4.78, 5) is 21.7. The molecule has 2 heterocycles. The van der Waals surface area contributed by atoms with Gasteiger partial charge in [0.25, 0.3) is 5.91 Å². The minimum Gasteiger partial charge on any atom is -0.497 e. The molecule has 0 aliphatic carbocycles. The zero-order valence-electron chi connectivity index (χ0n) is 17.3. The number of benzene rings is 2. The fourth-order valence-electron chi connectivity index (χ4n) is 3.55. The molecule has 1 fully saturated rings. The number of anilines is 2. The molecule has 1 saturated heterocycles. The van der Waals surface area contributed by atoms with Crippen LogP contribution in [0.15, 0.2) is 53.9 Å². The molecule has 0 saturated carbocycles. The van der Waals surface area contributed by atoms with Crippen LogP contribution in [0, 0.1) is 6.92 Å². The van der Waals surface area contributed by atoms with Gasteiger partial charge in [0.15, 0.2) is 5.13 Å². The fourth-order valence-corrected chi connectivity index (χ4v) is 4.41. The van der Waals surface area contributed by atoms with Crippen molar-refractivity contribution in [1.29, 1.82) is 0 Å². The Balaban J connectivity index is 1.33. The van der Waals surface area contributed by atoms with Crippen molar-refractivity contribution < 1.29 is 9.53 Å². The van der Waals surface area contributed by atoms with Crippen LogP contribution in [0.3, 0.4) is 0 Å². The molecule has 2 aromatic carbocycles. The quantitative estimate of drug-likeness (QED) is 0.656. The van der Waals surface area contributed by atoms with Crippen molar-refractivity contribution in [3.63, 3.8) is 0 Å². The number of hydrogen-bond donors (Lipinski definition) is 1. The first-order valence-electron chi connectivity index (χ1n) is 10.1. The van der Waals surface area contributed by atoms with Crippen molar-refractivity contribution in [2.24, 2.45) is 0 Å². The summed E-state index contributed by atoms with van der Waals surface area (Å²) >= 11 is 1.53.